The minimum Gasteiger partial charge on any atom is -0.497 e. The molecule has 0 saturated carbocycles. The summed E-state index contributed by atoms with van der Waals surface area (Å²) >= 11 is 0. The fourth-order valence-electron chi connectivity index (χ4n) is 3.02. The van der Waals surface area contributed by atoms with Crippen LogP contribution in [0.25, 0.3) is 0 Å². The molecule has 1 unspecified atom stereocenters. The second-order valence-corrected chi connectivity index (χ2v) is 6.58. The van der Waals surface area contributed by atoms with E-state index < -0.39 is 0 Å². The third-order valence-corrected chi connectivity index (χ3v) is 4.47. The molecule has 2 amide bonds. The van der Waals surface area contributed by atoms with Crippen LogP contribution in [0.15, 0.2) is 48.5 Å². The van der Waals surface area contributed by atoms with Gasteiger partial charge in [-0.25, -0.2) is 0 Å². The average molecular weight is 368 g/mol. The normalized spacial score (nSPS) is 16.7. The topological polar surface area (TPSA) is 67.9 Å². The predicted octanol–water partition coefficient (Wildman–Crippen LogP) is 2.74. The van der Waals surface area contributed by atoms with Gasteiger partial charge in [0.05, 0.1) is 26.2 Å². The standard InChI is InChI=1S/C21H24N2O4/c1-15-14-23(11-12-27-15)21(25)17-5-7-18(8-6-17)22-20(24)13-16-3-9-19(26-2)10-4-16/h3-10,15H,11-14H2,1-2H3,(H,22,24). The summed E-state index contributed by atoms with van der Waals surface area (Å²) in [7, 11) is 1.61. The Hall–Kier alpha value is -2.86. The highest BCUT2D eigenvalue weighted by Gasteiger charge is 2.22. The number of morpholine rings is 1. The Kier molecular flexibility index (Phi) is 6.08. The van der Waals surface area contributed by atoms with Gasteiger partial charge in [-0.3, -0.25) is 9.59 Å². The van der Waals surface area contributed by atoms with Gasteiger partial charge in [-0.15, -0.1) is 0 Å². The summed E-state index contributed by atoms with van der Waals surface area (Å²) in [4.78, 5) is 26.5. The summed E-state index contributed by atoms with van der Waals surface area (Å²) < 4.78 is 10.6. The van der Waals surface area contributed by atoms with E-state index in [2.05, 4.69) is 5.32 Å². The minimum atomic E-state index is -0.110. The molecular formula is C21H24N2O4. The van der Waals surface area contributed by atoms with E-state index in [4.69, 9.17) is 9.47 Å². The molecule has 6 heteroatoms. The van der Waals surface area contributed by atoms with E-state index in [0.29, 0.717) is 30.9 Å². The number of nitrogens with one attached hydrogen (secondary N) is 1. The lowest BCUT2D eigenvalue weighted by Gasteiger charge is -2.31. The summed E-state index contributed by atoms with van der Waals surface area (Å²) in [5, 5.41) is 2.86. The molecule has 1 N–H and O–H groups in total. The van der Waals surface area contributed by atoms with E-state index in [0.717, 1.165) is 11.3 Å². The van der Waals surface area contributed by atoms with Crippen LogP contribution in [0.2, 0.25) is 0 Å². The van der Waals surface area contributed by atoms with Gasteiger partial charge in [0.2, 0.25) is 5.91 Å². The Labute approximate surface area is 159 Å². The Morgan fingerprint density at radius 2 is 1.85 bits per heavy atom. The maximum Gasteiger partial charge on any atom is 0.254 e. The lowest BCUT2D eigenvalue weighted by atomic mass is 10.1. The van der Waals surface area contributed by atoms with Gasteiger partial charge in [-0.05, 0) is 48.9 Å². The number of carbonyl (C=O) groups excluding carboxylic acids is 2. The minimum absolute atomic E-state index is 0.0127. The number of nitrogens with zero attached hydrogens (tertiary/aromatic N) is 1. The third kappa shape index (κ3) is 5.08. The number of carbonyl (C=O) groups is 2. The summed E-state index contributed by atoms with van der Waals surface area (Å²) in [6.45, 7) is 3.72. The van der Waals surface area contributed by atoms with E-state index in [-0.39, 0.29) is 24.3 Å². The molecule has 0 radical (unpaired) electrons. The van der Waals surface area contributed by atoms with E-state index in [1.165, 1.54) is 0 Å². The first-order valence-corrected chi connectivity index (χ1v) is 8.99. The number of hydrogen-bond acceptors (Lipinski definition) is 4. The molecule has 0 spiro atoms. The fourth-order valence-corrected chi connectivity index (χ4v) is 3.02. The van der Waals surface area contributed by atoms with Gasteiger partial charge >= 0.3 is 0 Å². The monoisotopic (exact) mass is 368 g/mol. The highest BCUT2D eigenvalue weighted by atomic mass is 16.5. The quantitative estimate of drug-likeness (QED) is 0.881. The van der Waals surface area contributed by atoms with Crippen LogP contribution in [-0.2, 0) is 16.0 Å². The molecule has 142 valence electrons. The molecule has 1 fully saturated rings. The molecule has 0 aromatic heterocycles. The van der Waals surface area contributed by atoms with Gasteiger partial charge in [-0.2, -0.15) is 0 Å². The number of methoxy groups -OCH3 is 1. The van der Waals surface area contributed by atoms with Crippen molar-refractivity contribution in [2.75, 3.05) is 32.1 Å². The van der Waals surface area contributed by atoms with Crippen molar-refractivity contribution < 1.29 is 19.1 Å². The zero-order valence-corrected chi connectivity index (χ0v) is 15.6. The second-order valence-electron chi connectivity index (χ2n) is 6.58. The molecule has 1 atom stereocenters. The van der Waals surface area contributed by atoms with Crippen molar-refractivity contribution in [3.8, 4) is 5.75 Å². The molecule has 2 aromatic rings. The van der Waals surface area contributed by atoms with Crippen LogP contribution in [0.5, 0.6) is 5.75 Å². The van der Waals surface area contributed by atoms with Crippen molar-refractivity contribution in [3.63, 3.8) is 0 Å². The van der Waals surface area contributed by atoms with Crippen LogP contribution in [0.4, 0.5) is 5.69 Å². The van der Waals surface area contributed by atoms with Gasteiger partial charge in [0, 0.05) is 24.3 Å². The zero-order valence-electron chi connectivity index (χ0n) is 15.6. The molecule has 2 aromatic carbocycles. The summed E-state index contributed by atoms with van der Waals surface area (Å²) in [5.41, 5.74) is 2.18. The van der Waals surface area contributed by atoms with Crippen molar-refractivity contribution in [2.45, 2.75) is 19.4 Å². The van der Waals surface area contributed by atoms with Crippen molar-refractivity contribution in [1.29, 1.82) is 0 Å². The number of hydrogen-bond donors (Lipinski definition) is 1. The van der Waals surface area contributed by atoms with Crippen LogP contribution in [0, 0.1) is 0 Å². The first-order valence-electron chi connectivity index (χ1n) is 8.99. The number of benzene rings is 2. The largest absolute Gasteiger partial charge is 0.497 e. The molecule has 0 aliphatic carbocycles. The lowest BCUT2D eigenvalue weighted by molar-refractivity contribution is -0.115. The summed E-state index contributed by atoms with van der Waals surface area (Å²) in [5.74, 6) is 0.636. The van der Waals surface area contributed by atoms with Gasteiger partial charge < -0.3 is 19.7 Å². The Morgan fingerprint density at radius 3 is 2.48 bits per heavy atom. The molecule has 1 aliphatic rings. The van der Waals surface area contributed by atoms with Gasteiger partial charge in [0.1, 0.15) is 5.75 Å². The SMILES string of the molecule is COc1ccc(CC(=O)Nc2ccc(C(=O)N3CCOC(C)C3)cc2)cc1. The first kappa shape index (κ1) is 18.9. The van der Waals surface area contributed by atoms with Crippen molar-refractivity contribution in [1.82, 2.24) is 4.90 Å². The van der Waals surface area contributed by atoms with Crippen LogP contribution >= 0.6 is 0 Å². The van der Waals surface area contributed by atoms with Crippen LogP contribution in [0.3, 0.4) is 0 Å². The van der Waals surface area contributed by atoms with E-state index in [1.807, 2.05) is 31.2 Å². The van der Waals surface area contributed by atoms with E-state index >= 15 is 0 Å². The van der Waals surface area contributed by atoms with Gasteiger partial charge in [0.15, 0.2) is 0 Å². The Balaban J connectivity index is 1.56. The first-order chi connectivity index (χ1) is 13.0. The van der Waals surface area contributed by atoms with Crippen molar-refractivity contribution in [3.05, 3.63) is 59.7 Å². The smallest absolute Gasteiger partial charge is 0.254 e. The highest BCUT2D eigenvalue weighted by Crippen LogP contribution is 2.15. The maximum absolute atomic E-state index is 12.5. The van der Waals surface area contributed by atoms with Gasteiger partial charge in [-0.1, -0.05) is 12.1 Å². The molecule has 1 aliphatic heterocycles. The summed E-state index contributed by atoms with van der Waals surface area (Å²) in [6.07, 6.45) is 0.329. The molecular weight excluding hydrogens is 344 g/mol. The second kappa shape index (κ2) is 8.68. The average Bonchev–Trinajstić information content (AvgIpc) is 2.68. The fraction of sp³-hybridized carbons (Fsp3) is 0.333. The lowest BCUT2D eigenvalue weighted by Crippen LogP contribution is -2.44. The number of rotatable bonds is 5. The zero-order chi connectivity index (χ0) is 19.2. The molecule has 1 saturated heterocycles. The van der Waals surface area contributed by atoms with Crippen LogP contribution < -0.4 is 10.1 Å². The molecule has 0 bridgehead atoms. The number of ether oxygens (including phenoxy) is 2. The third-order valence-electron chi connectivity index (χ3n) is 4.47. The number of amides is 2. The Morgan fingerprint density at radius 1 is 1.15 bits per heavy atom. The predicted molar refractivity (Wildman–Crippen MR) is 103 cm³/mol. The molecule has 1 heterocycles. The van der Waals surface area contributed by atoms with E-state index in [1.54, 1.807) is 36.3 Å². The van der Waals surface area contributed by atoms with Crippen LogP contribution in [0.1, 0.15) is 22.8 Å². The highest BCUT2D eigenvalue weighted by molar-refractivity contribution is 5.96. The van der Waals surface area contributed by atoms with Crippen LogP contribution in [-0.4, -0.2) is 49.6 Å². The van der Waals surface area contributed by atoms with E-state index in [9.17, 15) is 9.59 Å². The van der Waals surface area contributed by atoms with Crippen molar-refractivity contribution >= 4 is 17.5 Å². The molecule has 27 heavy (non-hydrogen) atoms. The molecule has 6 nitrogen and oxygen atoms in total. The van der Waals surface area contributed by atoms with Gasteiger partial charge in [0.25, 0.3) is 5.91 Å². The maximum atomic E-state index is 12.5. The number of anilines is 1. The summed E-state index contributed by atoms with van der Waals surface area (Å²) in [6, 6.07) is 14.4. The molecule has 3 rings (SSSR count). The van der Waals surface area contributed by atoms with Crippen molar-refractivity contribution in [2.24, 2.45) is 0 Å². The Bertz CT molecular complexity index is 787.